The summed E-state index contributed by atoms with van der Waals surface area (Å²) in [6.07, 6.45) is 1.80. The molecule has 1 aromatic heterocycles. The minimum absolute atomic E-state index is 0.114. The predicted octanol–water partition coefficient (Wildman–Crippen LogP) is 2.89. The Morgan fingerprint density at radius 1 is 1.11 bits per heavy atom. The van der Waals surface area contributed by atoms with Gasteiger partial charge in [0.15, 0.2) is 0 Å². The van der Waals surface area contributed by atoms with Crippen LogP contribution in [0.1, 0.15) is 29.3 Å². The third-order valence-corrected chi connectivity index (χ3v) is 4.98. The Hall–Kier alpha value is -3.41. The average molecular weight is 376 g/mol. The van der Waals surface area contributed by atoms with E-state index < -0.39 is 17.6 Å². The molecule has 0 saturated heterocycles. The number of anilines is 1. The van der Waals surface area contributed by atoms with Gasteiger partial charge in [0.1, 0.15) is 17.2 Å². The summed E-state index contributed by atoms with van der Waals surface area (Å²) in [5.74, 6) is -0.823. The predicted molar refractivity (Wildman–Crippen MR) is 107 cm³/mol. The third-order valence-electron chi connectivity index (χ3n) is 4.98. The summed E-state index contributed by atoms with van der Waals surface area (Å²) in [6.45, 7) is 2.23. The van der Waals surface area contributed by atoms with E-state index in [1.54, 1.807) is 36.1 Å². The monoisotopic (exact) mass is 376 g/mol. The Kier molecular flexibility index (Phi) is 4.69. The second-order valence-corrected chi connectivity index (χ2v) is 6.90. The normalized spacial score (nSPS) is 14.4. The fourth-order valence-corrected chi connectivity index (χ4v) is 3.55. The van der Waals surface area contributed by atoms with E-state index in [1.807, 2.05) is 24.3 Å². The molecular formula is C22H20N2O4. The highest BCUT2D eigenvalue weighted by Gasteiger charge is 2.28. The lowest BCUT2D eigenvalue weighted by Gasteiger charge is -2.31. The quantitative estimate of drug-likeness (QED) is 0.713. The third kappa shape index (κ3) is 3.29. The van der Waals surface area contributed by atoms with E-state index in [9.17, 15) is 14.4 Å². The summed E-state index contributed by atoms with van der Waals surface area (Å²) >= 11 is 0. The molecule has 2 heterocycles. The molecule has 4 rings (SSSR count). The molecule has 6 heteroatoms. The summed E-state index contributed by atoms with van der Waals surface area (Å²) in [4.78, 5) is 39.4. The van der Waals surface area contributed by atoms with Crippen molar-refractivity contribution >= 4 is 28.5 Å². The second-order valence-electron chi connectivity index (χ2n) is 6.90. The van der Waals surface area contributed by atoms with Gasteiger partial charge in [0.2, 0.25) is 5.91 Å². The van der Waals surface area contributed by atoms with Crippen molar-refractivity contribution in [3.8, 4) is 0 Å². The minimum atomic E-state index is -0.774. The first-order valence-electron chi connectivity index (χ1n) is 9.27. The summed E-state index contributed by atoms with van der Waals surface area (Å²) in [6, 6.07) is 15.5. The Labute approximate surface area is 161 Å². The van der Waals surface area contributed by atoms with Crippen molar-refractivity contribution in [1.82, 2.24) is 5.32 Å². The zero-order chi connectivity index (χ0) is 19.7. The summed E-state index contributed by atoms with van der Waals surface area (Å²) < 4.78 is 5.21. The van der Waals surface area contributed by atoms with E-state index >= 15 is 0 Å². The van der Waals surface area contributed by atoms with Gasteiger partial charge in [0, 0.05) is 17.6 Å². The number of para-hydroxylation sites is 2. The van der Waals surface area contributed by atoms with E-state index in [0.29, 0.717) is 17.5 Å². The zero-order valence-corrected chi connectivity index (χ0v) is 15.5. The lowest BCUT2D eigenvalue weighted by molar-refractivity contribution is -0.120. The van der Waals surface area contributed by atoms with Crippen LogP contribution in [0, 0.1) is 0 Å². The van der Waals surface area contributed by atoms with E-state index in [2.05, 4.69) is 5.32 Å². The highest BCUT2D eigenvalue weighted by molar-refractivity contribution is 6.03. The van der Waals surface area contributed by atoms with Gasteiger partial charge in [0.05, 0.1) is 0 Å². The molecule has 0 spiro atoms. The maximum Gasteiger partial charge on any atom is 0.349 e. The Morgan fingerprint density at radius 3 is 2.71 bits per heavy atom. The fraction of sp³-hybridized carbons (Fsp3) is 0.227. The SMILES string of the molecule is CC(NC(=O)c1cc2ccccc2oc1=O)C(=O)N1CCCc2ccccc21. The van der Waals surface area contributed by atoms with Gasteiger partial charge in [-0.3, -0.25) is 9.59 Å². The van der Waals surface area contributed by atoms with Gasteiger partial charge in [-0.25, -0.2) is 4.79 Å². The number of benzene rings is 2. The molecule has 0 saturated carbocycles. The first-order valence-corrected chi connectivity index (χ1v) is 9.27. The van der Waals surface area contributed by atoms with Crippen molar-refractivity contribution in [3.63, 3.8) is 0 Å². The maximum absolute atomic E-state index is 12.9. The van der Waals surface area contributed by atoms with E-state index in [4.69, 9.17) is 4.42 Å². The lowest BCUT2D eigenvalue weighted by Crippen LogP contribution is -2.49. The van der Waals surface area contributed by atoms with Gasteiger partial charge in [0.25, 0.3) is 5.91 Å². The van der Waals surface area contributed by atoms with Crippen LogP contribution in [0.15, 0.2) is 63.8 Å². The molecule has 6 nitrogen and oxygen atoms in total. The van der Waals surface area contributed by atoms with Crippen LogP contribution in [0.4, 0.5) is 5.69 Å². The van der Waals surface area contributed by atoms with Gasteiger partial charge in [-0.15, -0.1) is 0 Å². The van der Waals surface area contributed by atoms with Crippen LogP contribution >= 0.6 is 0 Å². The average Bonchev–Trinajstić information content (AvgIpc) is 2.72. The van der Waals surface area contributed by atoms with Crippen molar-refractivity contribution in [2.45, 2.75) is 25.8 Å². The molecule has 1 N–H and O–H groups in total. The van der Waals surface area contributed by atoms with Crippen molar-refractivity contribution in [3.05, 3.63) is 76.1 Å². The fourth-order valence-electron chi connectivity index (χ4n) is 3.55. The van der Waals surface area contributed by atoms with Gasteiger partial charge >= 0.3 is 5.63 Å². The van der Waals surface area contributed by atoms with Gasteiger partial charge in [-0.1, -0.05) is 36.4 Å². The van der Waals surface area contributed by atoms with Crippen LogP contribution in [0.2, 0.25) is 0 Å². The molecule has 28 heavy (non-hydrogen) atoms. The van der Waals surface area contributed by atoms with Gasteiger partial charge in [-0.2, -0.15) is 0 Å². The molecule has 1 aliphatic heterocycles. The van der Waals surface area contributed by atoms with Gasteiger partial charge in [-0.05, 0) is 43.5 Å². The number of carbonyl (C=O) groups is 2. The first kappa shape index (κ1) is 18.0. The molecule has 1 atom stereocenters. The molecule has 2 aromatic carbocycles. The molecule has 0 radical (unpaired) electrons. The van der Waals surface area contributed by atoms with Crippen molar-refractivity contribution in [2.75, 3.05) is 11.4 Å². The number of carbonyl (C=O) groups excluding carboxylic acids is 2. The second kappa shape index (κ2) is 7.31. The van der Waals surface area contributed by atoms with E-state index in [-0.39, 0.29) is 11.5 Å². The Morgan fingerprint density at radius 2 is 1.86 bits per heavy atom. The van der Waals surface area contributed by atoms with E-state index in [1.165, 1.54) is 6.07 Å². The van der Waals surface area contributed by atoms with Crippen LogP contribution in [0.25, 0.3) is 11.0 Å². The van der Waals surface area contributed by atoms with Crippen LogP contribution in [0.3, 0.4) is 0 Å². The number of rotatable bonds is 3. The Bertz CT molecular complexity index is 1120. The van der Waals surface area contributed by atoms with E-state index in [0.717, 1.165) is 24.1 Å². The van der Waals surface area contributed by atoms with Crippen LogP contribution in [0.5, 0.6) is 0 Å². The summed E-state index contributed by atoms with van der Waals surface area (Å²) in [7, 11) is 0. The topological polar surface area (TPSA) is 79.6 Å². The molecule has 1 aliphatic rings. The van der Waals surface area contributed by atoms with Crippen LogP contribution in [-0.4, -0.2) is 24.4 Å². The number of amides is 2. The van der Waals surface area contributed by atoms with Crippen molar-refractivity contribution in [1.29, 1.82) is 0 Å². The molecule has 0 aliphatic carbocycles. The maximum atomic E-state index is 12.9. The molecule has 1 unspecified atom stereocenters. The van der Waals surface area contributed by atoms with Crippen LogP contribution < -0.4 is 15.8 Å². The highest BCUT2D eigenvalue weighted by atomic mass is 16.4. The molecule has 2 amide bonds. The van der Waals surface area contributed by atoms with Crippen molar-refractivity contribution in [2.24, 2.45) is 0 Å². The summed E-state index contributed by atoms with van der Waals surface area (Å²) in [5.41, 5.74) is 1.58. The standard InChI is InChI=1S/C22H20N2O4/c1-14(21(26)24-12-6-9-15-7-2-4-10-18(15)24)23-20(25)17-13-16-8-3-5-11-19(16)28-22(17)27/h2-5,7-8,10-11,13-14H,6,9,12H2,1H3,(H,23,25). The minimum Gasteiger partial charge on any atom is -0.422 e. The highest BCUT2D eigenvalue weighted by Crippen LogP contribution is 2.27. The molecule has 3 aromatic rings. The number of nitrogens with one attached hydrogen (secondary N) is 1. The summed E-state index contributed by atoms with van der Waals surface area (Å²) in [5, 5.41) is 3.29. The zero-order valence-electron chi connectivity index (χ0n) is 15.5. The number of hydrogen-bond acceptors (Lipinski definition) is 4. The number of fused-ring (bicyclic) bond motifs is 2. The number of nitrogens with zero attached hydrogens (tertiary/aromatic N) is 1. The first-order chi connectivity index (χ1) is 13.5. The molecular weight excluding hydrogens is 356 g/mol. The number of hydrogen-bond donors (Lipinski definition) is 1. The number of aryl methyl sites for hydroxylation is 1. The van der Waals surface area contributed by atoms with Crippen LogP contribution in [-0.2, 0) is 11.2 Å². The Balaban J connectivity index is 1.55. The van der Waals surface area contributed by atoms with Crippen molar-refractivity contribution < 1.29 is 14.0 Å². The smallest absolute Gasteiger partial charge is 0.349 e. The van der Waals surface area contributed by atoms with Gasteiger partial charge < -0.3 is 14.6 Å². The molecule has 0 fully saturated rings. The molecule has 142 valence electrons. The lowest BCUT2D eigenvalue weighted by atomic mass is 10.0. The largest absolute Gasteiger partial charge is 0.422 e. The molecule has 0 bridgehead atoms.